The zero-order valence-corrected chi connectivity index (χ0v) is 12.1. The van der Waals surface area contributed by atoms with E-state index in [4.69, 9.17) is 0 Å². The molecule has 112 valence electrons. The number of halogens is 1. The Bertz CT molecular complexity index is 703. The van der Waals surface area contributed by atoms with Crippen molar-refractivity contribution in [1.29, 1.82) is 0 Å². The van der Waals surface area contributed by atoms with Crippen LogP contribution in [0.4, 0.5) is 4.39 Å². The number of aryl methyl sites for hydroxylation is 1. The zero-order chi connectivity index (χ0) is 15.4. The van der Waals surface area contributed by atoms with Crippen LogP contribution >= 0.6 is 0 Å². The monoisotopic (exact) mass is 291 g/mol. The van der Waals surface area contributed by atoms with E-state index >= 15 is 0 Å². The fraction of sp³-hybridized carbons (Fsp3) is 0.333. The lowest BCUT2D eigenvalue weighted by atomic mass is 10.2. The van der Waals surface area contributed by atoms with Crippen molar-refractivity contribution in [2.45, 2.75) is 33.4 Å². The van der Waals surface area contributed by atoms with Gasteiger partial charge in [0.25, 0.3) is 0 Å². The predicted molar refractivity (Wildman–Crippen MR) is 77.4 cm³/mol. The largest absolute Gasteiger partial charge is 0.352 e. The van der Waals surface area contributed by atoms with Crippen LogP contribution in [-0.2, 0) is 17.9 Å². The zero-order valence-electron chi connectivity index (χ0n) is 12.1. The standard InChI is InChI=1S/C15H18FN3O2/c1-10-11(2)19(15(21)18-10)8-7-14(20)17-9-12-5-3-4-6-13(12)16/h3-6H,7-9H2,1-2H3,(H,17,20)(H,18,21). The molecule has 0 aliphatic heterocycles. The van der Waals surface area contributed by atoms with Gasteiger partial charge in [0.2, 0.25) is 5.91 Å². The summed E-state index contributed by atoms with van der Waals surface area (Å²) < 4.78 is 14.9. The number of aromatic nitrogens is 2. The molecule has 0 atom stereocenters. The van der Waals surface area contributed by atoms with Gasteiger partial charge in [0.1, 0.15) is 5.82 Å². The molecule has 21 heavy (non-hydrogen) atoms. The number of carbonyl (C=O) groups excluding carboxylic acids is 1. The highest BCUT2D eigenvalue weighted by atomic mass is 19.1. The second-order valence-electron chi connectivity index (χ2n) is 4.91. The van der Waals surface area contributed by atoms with Crippen molar-refractivity contribution in [2.24, 2.45) is 0 Å². The van der Waals surface area contributed by atoms with Crippen molar-refractivity contribution >= 4 is 5.91 Å². The first-order chi connectivity index (χ1) is 9.99. The Kier molecular flexibility index (Phi) is 4.57. The maximum Gasteiger partial charge on any atom is 0.325 e. The highest BCUT2D eigenvalue weighted by Crippen LogP contribution is 2.06. The smallest absolute Gasteiger partial charge is 0.325 e. The van der Waals surface area contributed by atoms with Crippen LogP contribution in [0.3, 0.4) is 0 Å². The normalized spacial score (nSPS) is 10.6. The molecule has 0 unspecified atom stereocenters. The molecule has 1 aromatic heterocycles. The summed E-state index contributed by atoms with van der Waals surface area (Å²) >= 11 is 0. The Labute approximate surface area is 121 Å². The first kappa shape index (κ1) is 15.0. The van der Waals surface area contributed by atoms with Crippen LogP contribution in [0.25, 0.3) is 0 Å². The minimum Gasteiger partial charge on any atom is -0.352 e. The molecule has 0 radical (unpaired) electrons. The molecule has 5 nitrogen and oxygen atoms in total. The predicted octanol–water partition coefficient (Wildman–Crippen LogP) is 1.64. The molecule has 0 aliphatic carbocycles. The van der Waals surface area contributed by atoms with E-state index in [0.29, 0.717) is 12.1 Å². The maximum absolute atomic E-state index is 13.4. The van der Waals surface area contributed by atoms with Crippen molar-refractivity contribution in [3.8, 4) is 0 Å². The Morgan fingerprint density at radius 1 is 1.33 bits per heavy atom. The molecule has 1 heterocycles. The summed E-state index contributed by atoms with van der Waals surface area (Å²) in [6.07, 6.45) is 0.173. The molecule has 2 rings (SSSR count). The van der Waals surface area contributed by atoms with Crippen LogP contribution in [0.1, 0.15) is 23.4 Å². The Balaban J connectivity index is 1.88. The summed E-state index contributed by atoms with van der Waals surface area (Å²) in [7, 11) is 0. The van der Waals surface area contributed by atoms with Gasteiger partial charge in [0, 0.05) is 36.5 Å². The maximum atomic E-state index is 13.4. The molecule has 0 spiro atoms. The van der Waals surface area contributed by atoms with E-state index in [2.05, 4.69) is 10.3 Å². The summed E-state index contributed by atoms with van der Waals surface area (Å²) in [5, 5.41) is 2.65. The Morgan fingerprint density at radius 2 is 2.05 bits per heavy atom. The van der Waals surface area contributed by atoms with Crippen LogP contribution in [-0.4, -0.2) is 15.5 Å². The summed E-state index contributed by atoms with van der Waals surface area (Å²) in [5.41, 5.74) is 1.84. The van der Waals surface area contributed by atoms with Crippen molar-refractivity contribution in [2.75, 3.05) is 0 Å². The van der Waals surface area contributed by atoms with Crippen LogP contribution < -0.4 is 11.0 Å². The van der Waals surface area contributed by atoms with Gasteiger partial charge >= 0.3 is 5.69 Å². The minimum atomic E-state index is -0.342. The van der Waals surface area contributed by atoms with Gasteiger partial charge in [-0.05, 0) is 19.9 Å². The van der Waals surface area contributed by atoms with Crippen LogP contribution in [0.15, 0.2) is 29.1 Å². The van der Waals surface area contributed by atoms with Gasteiger partial charge in [-0.1, -0.05) is 18.2 Å². The third kappa shape index (κ3) is 3.59. The summed E-state index contributed by atoms with van der Waals surface area (Å²) in [6, 6.07) is 6.30. The number of nitrogens with zero attached hydrogens (tertiary/aromatic N) is 1. The van der Waals surface area contributed by atoms with E-state index in [1.54, 1.807) is 18.2 Å². The molecule has 1 amide bonds. The molecule has 0 saturated carbocycles. The second kappa shape index (κ2) is 6.39. The molecule has 1 aromatic carbocycles. The van der Waals surface area contributed by atoms with E-state index in [1.807, 2.05) is 13.8 Å². The van der Waals surface area contributed by atoms with Gasteiger partial charge in [0.15, 0.2) is 0 Å². The fourth-order valence-corrected chi connectivity index (χ4v) is 2.08. The van der Waals surface area contributed by atoms with Crippen LogP contribution in [0, 0.1) is 19.7 Å². The number of hydrogen-bond acceptors (Lipinski definition) is 2. The number of aromatic amines is 1. The number of H-pyrrole nitrogens is 1. The third-order valence-corrected chi connectivity index (χ3v) is 3.48. The lowest BCUT2D eigenvalue weighted by Gasteiger charge is -2.07. The molecule has 6 heteroatoms. The van der Waals surface area contributed by atoms with E-state index < -0.39 is 0 Å². The summed E-state index contributed by atoms with van der Waals surface area (Å²) in [6.45, 7) is 4.08. The number of nitrogens with one attached hydrogen (secondary N) is 2. The molecule has 0 saturated heterocycles. The van der Waals surface area contributed by atoms with E-state index in [1.165, 1.54) is 10.6 Å². The molecule has 0 aliphatic rings. The third-order valence-electron chi connectivity index (χ3n) is 3.48. The molecule has 0 fully saturated rings. The number of hydrogen-bond donors (Lipinski definition) is 2. The van der Waals surface area contributed by atoms with Crippen LogP contribution in [0.2, 0.25) is 0 Å². The first-order valence-corrected chi connectivity index (χ1v) is 6.75. The van der Waals surface area contributed by atoms with Crippen molar-refractivity contribution in [3.05, 3.63) is 57.5 Å². The second-order valence-corrected chi connectivity index (χ2v) is 4.91. The molecule has 2 N–H and O–H groups in total. The first-order valence-electron chi connectivity index (χ1n) is 6.75. The van der Waals surface area contributed by atoms with Gasteiger partial charge in [-0.2, -0.15) is 0 Å². The number of carbonyl (C=O) groups is 1. The quantitative estimate of drug-likeness (QED) is 0.879. The van der Waals surface area contributed by atoms with E-state index in [9.17, 15) is 14.0 Å². The van der Waals surface area contributed by atoms with Crippen molar-refractivity contribution in [1.82, 2.24) is 14.9 Å². The molecular weight excluding hydrogens is 273 g/mol. The summed E-state index contributed by atoms with van der Waals surface area (Å²) in [5.74, 6) is -0.561. The molecular formula is C15H18FN3O2. The van der Waals surface area contributed by atoms with E-state index in [-0.39, 0.29) is 30.4 Å². The highest BCUT2D eigenvalue weighted by molar-refractivity contribution is 5.75. The average Bonchev–Trinajstić information content (AvgIpc) is 2.69. The minimum absolute atomic E-state index is 0.144. The van der Waals surface area contributed by atoms with Crippen molar-refractivity contribution in [3.63, 3.8) is 0 Å². The van der Waals surface area contributed by atoms with Gasteiger partial charge in [-0.3, -0.25) is 9.36 Å². The van der Waals surface area contributed by atoms with Gasteiger partial charge in [-0.25, -0.2) is 9.18 Å². The Morgan fingerprint density at radius 3 is 2.67 bits per heavy atom. The number of rotatable bonds is 5. The average molecular weight is 291 g/mol. The molecule has 0 bridgehead atoms. The number of imidazole rings is 1. The SMILES string of the molecule is Cc1[nH]c(=O)n(CCC(=O)NCc2ccccc2F)c1C. The fourth-order valence-electron chi connectivity index (χ4n) is 2.08. The van der Waals surface area contributed by atoms with E-state index in [0.717, 1.165) is 11.4 Å². The van der Waals surface area contributed by atoms with Gasteiger partial charge in [-0.15, -0.1) is 0 Å². The lowest BCUT2D eigenvalue weighted by Crippen LogP contribution is -2.27. The summed E-state index contributed by atoms with van der Waals surface area (Å²) in [4.78, 5) is 26.1. The molecule has 2 aromatic rings. The topological polar surface area (TPSA) is 66.9 Å². The highest BCUT2D eigenvalue weighted by Gasteiger charge is 2.09. The Hall–Kier alpha value is -2.37. The van der Waals surface area contributed by atoms with Gasteiger partial charge < -0.3 is 10.3 Å². The van der Waals surface area contributed by atoms with Gasteiger partial charge in [0.05, 0.1) is 0 Å². The number of benzene rings is 1. The van der Waals surface area contributed by atoms with Crippen molar-refractivity contribution < 1.29 is 9.18 Å². The van der Waals surface area contributed by atoms with Crippen LogP contribution in [0.5, 0.6) is 0 Å². The number of amides is 1. The lowest BCUT2D eigenvalue weighted by molar-refractivity contribution is -0.121.